The molecule has 0 unspecified atom stereocenters. The van der Waals surface area contributed by atoms with Gasteiger partial charge in [-0.15, -0.1) is 0 Å². The van der Waals surface area contributed by atoms with E-state index in [9.17, 15) is 4.79 Å². The lowest BCUT2D eigenvalue weighted by molar-refractivity contribution is 0.0746. The molecule has 1 aliphatic heterocycles. The van der Waals surface area contributed by atoms with Crippen LogP contribution >= 0.6 is 0 Å². The number of hydrogen-bond donors (Lipinski definition) is 0. The van der Waals surface area contributed by atoms with E-state index in [1.54, 1.807) is 0 Å². The van der Waals surface area contributed by atoms with Gasteiger partial charge in [-0.3, -0.25) is 4.79 Å². The third-order valence-corrected chi connectivity index (χ3v) is 6.58. The van der Waals surface area contributed by atoms with Gasteiger partial charge in [0.2, 0.25) is 0 Å². The number of carbonyl (C=O) groups excluding carboxylic acids is 1. The number of amides is 1. The van der Waals surface area contributed by atoms with Crippen LogP contribution in [0.2, 0.25) is 0 Å². The van der Waals surface area contributed by atoms with E-state index >= 15 is 0 Å². The first-order valence-electron chi connectivity index (χ1n) is 12.2. The molecule has 2 heterocycles. The van der Waals surface area contributed by atoms with Crippen molar-refractivity contribution in [1.82, 2.24) is 14.9 Å². The highest BCUT2D eigenvalue weighted by atomic mass is 16.2. The van der Waals surface area contributed by atoms with Crippen molar-refractivity contribution < 1.29 is 4.79 Å². The Hall–Kier alpha value is -3.99. The number of aromatic nitrogens is 2. The molecular formula is C30H30N4O. The van der Waals surface area contributed by atoms with E-state index in [1.165, 1.54) is 11.1 Å². The lowest BCUT2D eigenvalue weighted by atomic mass is 10.0. The molecule has 0 N–H and O–H groups in total. The van der Waals surface area contributed by atoms with Crippen LogP contribution in [0.25, 0.3) is 11.4 Å². The average molecular weight is 463 g/mol. The Bertz CT molecular complexity index is 1310. The summed E-state index contributed by atoms with van der Waals surface area (Å²) >= 11 is 0. The zero-order valence-corrected chi connectivity index (χ0v) is 20.3. The molecule has 4 aromatic rings. The molecule has 0 spiro atoms. The van der Waals surface area contributed by atoms with Gasteiger partial charge in [-0.05, 0) is 37.6 Å². The predicted octanol–water partition coefficient (Wildman–Crippen LogP) is 5.31. The Morgan fingerprint density at radius 3 is 2.17 bits per heavy atom. The third kappa shape index (κ3) is 5.09. The van der Waals surface area contributed by atoms with Crippen LogP contribution in [0.3, 0.4) is 0 Å². The Morgan fingerprint density at radius 1 is 0.800 bits per heavy atom. The van der Waals surface area contributed by atoms with Crippen LogP contribution in [-0.4, -0.2) is 47.0 Å². The summed E-state index contributed by atoms with van der Waals surface area (Å²) < 4.78 is 0. The molecule has 1 aromatic heterocycles. The Morgan fingerprint density at radius 2 is 1.49 bits per heavy atom. The molecule has 5 nitrogen and oxygen atoms in total. The van der Waals surface area contributed by atoms with Crippen LogP contribution in [0.1, 0.15) is 32.7 Å². The zero-order valence-electron chi connectivity index (χ0n) is 20.3. The number of carbonyl (C=O) groups is 1. The number of nitrogens with zero attached hydrogens (tertiary/aromatic N) is 4. The summed E-state index contributed by atoms with van der Waals surface area (Å²) in [5.41, 5.74) is 6.34. The van der Waals surface area contributed by atoms with E-state index < -0.39 is 0 Å². The van der Waals surface area contributed by atoms with Crippen LogP contribution in [-0.2, 0) is 6.42 Å². The third-order valence-electron chi connectivity index (χ3n) is 6.58. The molecule has 1 fully saturated rings. The lowest BCUT2D eigenvalue weighted by Crippen LogP contribution is -2.49. The summed E-state index contributed by atoms with van der Waals surface area (Å²) in [5, 5.41) is 0. The SMILES string of the molecule is Cc1cccc(-c2nc(C)c(Cc3ccccc3)c(N3CCN(C(=O)c4ccccc4)CC3)n2)c1. The molecule has 0 atom stereocenters. The van der Waals surface area contributed by atoms with Gasteiger partial charge in [0, 0.05) is 55.0 Å². The van der Waals surface area contributed by atoms with E-state index in [-0.39, 0.29) is 5.91 Å². The molecule has 176 valence electrons. The number of piperazine rings is 1. The first-order chi connectivity index (χ1) is 17.1. The second-order valence-corrected chi connectivity index (χ2v) is 9.11. The van der Waals surface area contributed by atoms with E-state index in [4.69, 9.17) is 9.97 Å². The molecule has 1 aliphatic rings. The zero-order chi connectivity index (χ0) is 24.2. The topological polar surface area (TPSA) is 49.3 Å². The number of benzene rings is 3. The normalized spacial score (nSPS) is 13.7. The van der Waals surface area contributed by atoms with Crippen molar-refractivity contribution in [1.29, 1.82) is 0 Å². The minimum absolute atomic E-state index is 0.0917. The fourth-order valence-corrected chi connectivity index (χ4v) is 4.65. The van der Waals surface area contributed by atoms with Crippen molar-refractivity contribution in [2.75, 3.05) is 31.1 Å². The molecule has 0 bridgehead atoms. The van der Waals surface area contributed by atoms with Crippen molar-refractivity contribution in [3.05, 3.63) is 113 Å². The Kier molecular flexibility index (Phi) is 6.57. The lowest BCUT2D eigenvalue weighted by Gasteiger charge is -2.36. The van der Waals surface area contributed by atoms with Gasteiger partial charge in [-0.2, -0.15) is 0 Å². The van der Waals surface area contributed by atoms with Crippen molar-refractivity contribution in [3.8, 4) is 11.4 Å². The van der Waals surface area contributed by atoms with Gasteiger partial charge < -0.3 is 9.80 Å². The summed E-state index contributed by atoms with van der Waals surface area (Å²) in [4.78, 5) is 27.2. The molecular weight excluding hydrogens is 432 g/mol. The summed E-state index contributed by atoms with van der Waals surface area (Å²) in [6.07, 6.45) is 0.777. The van der Waals surface area contributed by atoms with Gasteiger partial charge in [0.15, 0.2) is 5.82 Å². The van der Waals surface area contributed by atoms with Crippen LogP contribution in [0.15, 0.2) is 84.9 Å². The molecule has 5 heteroatoms. The van der Waals surface area contributed by atoms with E-state index in [0.717, 1.165) is 53.5 Å². The summed E-state index contributed by atoms with van der Waals surface area (Å²) in [7, 11) is 0. The van der Waals surface area contributed by atoms with Gasteiger partial charge in [0.1, 0.15) is 5.82 Å². The second kappa shape index (κ2) is 10.1. The van der Waals surface area contributed by atoms with Crippen LogP contribution in [0.4, 0.5) is 5.82 Å². The molecule has 1 amide bonds. The quantitative estimate of drug-likeness (QED) is 0.403. The maximum absolute atomic E-state index is 13.0. The largest absolute Gasteiger partial charge is 0.353 e. The summed E-state index contributed by atoms with van der Waals surface area (Å²) in [6.45, 7) is 6.98. The highest BCUT2D eigenvalue weighted by Crippen LogP contribution is 2.29. The molecule has 1 saturated heterocycles. The number of anilines is 1. The monoisotopic (exact) mass is 462 g/mol. The van der Waals surface area contributed by atoms with Crippen LogP contribution in [0, 0.1) is 13.8 Å². The Balaban J connectivity index is 1.45. The molecule has 0 saturated carbocycles. The van der Waals surface area contributed by atoms with Gasteiger partial charge in [0.25, 0.3) is 5.91 Å². The fraction of sp³-hybridized carbons (Fsp3) is 0.233. The van der Waals surface area contributed by atoms with Crippen LogP contribution < -0.4 is 4.90 Å². The first kappa shape index (κ1) is 22.8. The average Bonchev–Trinajstić information content (AvgIpc) is 2.90. The maximum atomic E-state index is 13.0. The highest BCUT2D eigenvalue weighted by molar-refractivity contribution is 5.94. The molecule has 0 aliphatic carbocycles. The summed E-state index contributed by atoms with van der Waals surface area (Å²) in [6, 6.07) is 28.3. The number of rotatable bonds is 5. The second-order valence-electron chi connectivity index (χ2n) is 9.11. The highest BCUT2D eigenvalue weighted by Gasteiger charge is 2.26. The van der Waals surface area contributed by atoms with Crippen molar-refractivity contribution >= 4 is 11.7 Å². The van der Waals surface area contributed by atoms with E-state index in [0.29, 0.717) is 13.1 Å². The predicted molar refractivity (Wildman–Crippen MR) is 141 cm³/mol. The molecule has 0 radical (unpaired) electrons. The molecule has 5 rings (SSSR count). The van der Waals surface area contributed by atoms with Gasteiger partial charge >= 0.3 is 0 Å². The van der Waals surface area contributed by atoms with Gasteiger partial charge in [0.05, 0.1) is 0 Å². The minimum atomic E-state index is 0.0917. The van der Waals surface area contributed by atoms with Crippen molar-refractivity contribution in [2.45, 2.75) is 20.3 Å². The standard InChI is InChI=1S/C30H30N4O/c1-22-10-9-15-26(20-22)28-31-23(2)27(21-24-11-5-3-6-12-24)29(32-28)33-16-18-34(19-17-33)30(35)25-13-7-4-8-14-25/h3-15,20H,16-19,21H2,1-2H3. The fourth-order valence-electron chi connectivity index (χ4n) is 4.65. The number of aryl methyl sites for hydroxylation is 2. The van der Waals surface area contributed by atoms with Crippen LogP contribution in [0.5, 0.6) is 0 Å². The van der Waals surface area contributed by atoms with Gasteiger partial charge in [-0.1, -0.05) is 72.3 Å². The van der Waals surface area contributed by atoms with E-state index in [2.05, 4.69) is 67.3 Å². The van der Waals surface area contributed by atoms with E-state index in [1.807, 2.05) is 41.3 Å². The van der Waals surface area contributed by atoms with Gasteiger partial charge in [-0.25, -0.2) is 9.97 Å². The van der Waals surface area contributed by atoms with Crippen molar-refractivity contribution in [3.63, 3.8) is 0 Å². The Labute approximate surface area is 207 Å². The number of hydrogen-bond acceptors (Lipinski definition) is 4. The minimum Gasteiger partial charge on any atom is -0.353 e. The smallest absolute Gasteiger partial charge is 0.253 e. The molecule has 3 aromatic carbocycles. The maximum Gasteiger partial charge on any atom is 0.253 e. The van der Waals surface area contributed by atoms with Crippen molar-refractivity contribution in [2.24, 2.45) is 0 Å². The first-order valence-corrected chi connectivity index (χ1v) is 12.2. The molecule has 35 heavy (non-hydrogen) atoms. The summed E-state index contributed by atoms with van der Waals surface area (Å²) in [5.74, 6) is 1.82.